The Morgan fingerprint density at radius 2 is 1.73 bits per heavy atom. The number of carbonyl (C=O) groups excluding carboxylic acids is 2. The molecule has 5 heteroatoms. The maximum atomic E-state index is 12.5. The van der Waals surface area contributed by atoms with Crippen LogP contribution in [0.15, 0.2) is 48.5 Å². The monoisotopic (exact) mass is 408 g/mol. The van der Waals surface area contributed by atoms with E-state index in [4.69, 9.17) is 10.5 Å². The number of rotatable bonds is 7. The minimum atomic E-state index is -0.480. The van der Waals surface area contributed by atoms with Crippen LogP contribution in [0.4, 0.5) is 5.69 Å². The van der Waals surface area contributed by atoms with Gasteiger partial charge < -0.3 is 15.4 Å². The summed E-state index contributed by atoms with van der Waals surface area (Å²) in [5, 5.41) is 0. The summed E-state index contributed by atoms with van der Waals surface area (Å²) in [7, 11) is 0. The van der Waals surface area contributed by atoms with Crippen molar-refractivity contribution in [3.63, 3.8) is 0 Å². The van der Waals surface area contributed by atoms with Gasteiger partial charge in [0, 0.05) is 18.8 Å². The lowest BCUT2D eigenvalue weighted by atomic mass is 9.81. The fourth-order valence-electron chi connectivity index (χ4n) is 4.33. The zero-order valence-electron chi connectivity index (χ0n) is 18.1. The van der Waals surface area contributed by atoms with Crippen LogP contribution in [0.3, 0.4) is 0 Å². The van der Waals surface area contributed by atoms with Crippen molar-refractivity contribution in [3.8, 4) is 0 Å². The number of amides is 1. The highest BCUT2D eigenvalue weighted by atomic mass is 16.5. The molecule has 2 atom stereocenters. The SMILES string of the molecule is CCOC(=O)c1ccc(C(C(N)=O)C(C)c2ccccc2N2CCC(C)CC2)cc1. The highest BCUT2D eigenvalue weighted by molar-refractivity contribution is 5.90. The standard InChI is InChI=1S/C25H32N2O3/c1-4-30-25(29)20-11-9-19(10-12-20)23(24(26)28)18(3)21-7-5-6-8-22(21)27-15-13-17(2)14-16-27/h5-12,17-18,23H,4,13-16H2,1-3H3,(H2,26,28). The van der Waals surface area contributed by atoms with Crippen molar-refractivity contribution in [1.82, 2.24) is 0 Å². The van der Waals surface area contributed by atoms with E-state index in [2.05, 4.69) is 36.9 Å². The number of ether oxygens (including phenoxy) is 1. The molecule has 0 aromatic heterocycles. The van der Waals surface area contributed by atoms with Crippen LogP contribution >= 0.6 is 0 Å². The Labute approximate surface area is 179 Å². The average molecular weight is 409 g/mol. The first-order valence-corrected chi connectivity index (χ1v) is 10.8. The summed E-state index contributed by atoms with van der Waals surface area (Å²) in [6.45, 7) is 8.51. The molecule has 0 radical (unpaired) electrons. The number of esters is 1. The van der Waals surface area contributed by atoms with Crippen molar-refractivity contribution in [3.05, 3.63) is 65.2 Å². The van der Waals surface area contributed by atoms with Crippen molar-refractivity contribution in [2.75, 3.05) is 24.6 Å². The lowest BCUT2D eigenvalue weighted by Crippen LogP contribution is -2.34. The Morgan fingerprint density at radius 3 is 2.33 bits per heavy atom. The van der Waals surface area contributed by atoms with Crippen LogP contribution in [0.25, 0.3) is 0 Å². The second-order valence-corrected chi connectivity index (χ2v) is 8.24. The summed E-state index contributed by atoms with van der Waals surface area (Å²) in [6.07, 6.45) is 2.36. The molecule has 1 heterocycles. The number of carbonyl (C=O) groups is 2. The highest BCUT2D eigenvalue weighted by Crippen LogP contribution is 2.38. The van der Waals surface area contributed by atoms with E-state index in [0.717, 1.165) is 30.1 Å². The number of piperidine rings is 1. The largest absolute Gasteiger partial charge is 0.462 e. The first-order chi connectivity index (χ1) is 14.4. The molecule has 5 nitrogen and oxygen atoms in total. The number of hydrogen-bond donors (Lipinski definition) is 1. The van der Waals surface area contributed by atoms with Gasteiger partial charge in [-0.05, 0) is 60.9 Å². The van der Waals surface area contributed by atoms with E-state index in [-0.39, 0.29) is 17.8 Å². The third-order valence-corrected chi connectivity index (χ3v) is 6.14. The maximum absolute atomic E-state index is 12.5. The van der Waals surface area contributed by atoms with E-state index < -0.39 is 5.92 Å². The molecule has 1 aliphatic rings. The van der Waals surface area contributed by atoms with Crippen molar-refractivity contribution in [2.24, 2.45) is 11.7 Å². The van der Waals surface area contributed by atoms with Crippen molar-refractivity contribution < 1.29 is 14.3 Å². The lowest BCUT2D eigenvalue weighted by Gasteiger charge is -2.35. The molecule has 0 saturated carbocycles. The first-order valence-electron chi connectivity index (χ1n) is 10.8. The molecule has 3 rings (SSSR count). The van der Waals surface area contributed by atoms with Crippen molar-refractivity contribution >= 4 is 17.6 Å². The summed E-state index contributed by atoms with van der Waals surface area (Å²) in [6, 6.07) is 15.3. The normalized spacial score (nSPS) is 16.7. The molecule has 30 heavy (non-hydrogen) atoms. The smallest absolute Gasteiger partial charge is 0.338 e. The van der Waals surface area contributed by atoms with E-state index in [1.807, 2.05) is 18.2 Å². The highest BCUT2D eigenvalue weighted by Gasteiger charge is 2.29. The number of anilines is 1. The minimum absolute atomic E-state index is 0.0912. The third-order valence-electron chi connectivity index (χ3n) is 6.14. The Balaban J connectivity index is 1.89. The predicted octanol–water partition coefficient (Wildman–Crippen LogP) is 4.47. The van der Waals surface area contributed by atoms with Gasteiger partial charge in [-0.15, -0.1) is 0 Å². The number of nitrogens with two attached hydrogens (primary N) is 1. The van der Waals surface area contributed by atoms with Crippen LogP contribution in [-0.2, 0) is 9.53 Å². The van der Waals surface area contributed by atoms with Gasteiger partial charge in [0.15, 0.2) is 0 Å². The quantitative estimate of drug-likeness (QED) is 0.686. The molecular weight excluding hydrogens is 376 g/mol. The van der Waals surface area contributed by atoms with Crippen LogP contribution in [0, 0.1) is 5.92 Å². The number of nitrogens with zero attached hydrogens (tertiary/aromatic N) is 1. The molecule has 1 amide bonds. The number of primary amides is 1. The van der Waals surface area contributed by atoms with Crippen LogP contribution < -0.4 is 10.6 Å². The van der Waals surface area contributed by atoms with Gasteiger partial charge >= 0.3 is 5.97 Å². The Hall–Kier alpha value is -2.82. The molecule has 2 N–H and O–H groups in total. The minimum Gasteiger partial charge on any atom is -0.462 e. The molecule has 0 aliphatic carbocycles. The molecular formula is C25H32N2O3. The van der Waals surface area contributed by atoms with Gasteiger partial charge in [-0.1, -0.05) is 44.2 Å². The molecule has 2 aromatic carbocycles. The maximum Gasteiger partial charge on any atom is 0.338 e. The van der Waals surface area contributed by atoms with Crippen LogP contribution in [0.1, 0.15) is 66.9 Å². The van der Waals surface area contributed by atoms with E-state index in [1.165, 1.54) is 18.5 Å². The van der Waals surface area contributed by atoms with Crippen LogP contribution in [0.2, 0.25) is 0 Å². The van der Waals surface area contributed by atoms with Gasteiger partial charge in [0.2, 0.25) is 5.91 Å². The molecule has 0 bridgehead atoms. The molecule has 1 saturated heterocycles. The van der Waals surface area contributed by atoms with Gasteiger partial charge in [0.25, 0.3) is 0 Å². The fourth-order valence-corrected chi connectivity index (χ4v) is 4.33. The molecule has 2 aromatic rings. The second-order valence-electron chi connectivity index (χ2n) is 8.24. The Bertz CT molecular complexity index is 870. The Kier molecular flexibility index (Phi) is 7.14. The van der Waals surface area contributed by atoms with Crippen molar-refractivity contribution in [1.29, 1.82) is 0 Å². The van der Waals surface area contributed by atoms with E-state index in [1.54, 1.807) is 19.1 Å². The first kappa shape index (κ1) is 21.9. The summed E-state index contributed by atoms with van der Waals surface area (Å²) in [5.41, 5.74) is 9.45. The molecule has 0 spiro atoms. The summed E-state index contributed by atoms with van der Waals surface area (Å²) in [4.78, 5) is 26.8. The van der Waals surface area contributed by atoms with Gasteiger partial charge in [0.1, 0.15) is 0 Å². The van der Waals surface area contributed by atoms with E-state index >= 15 is 0 Å². The fraction of sp³-hybridized carbons (Fsp3) is 0.440. The predicted molar refractivity (Wildman–Crippen MR) is 120 cm³/mol. The van der Waals surface area contributed by atoms with Gasteiger partial charge in [-0.3, -0.25) is 4.79 Å². The summed E-state index contributed by atoms with van der Waals surface area (Å²) < 4.78 is 5.05. The van der Waals surface area contributed by atoms with E-state index in [9.17, 15) is 9.59 Å². The number of benzene rings is 2. The topological polar surface area (TPSA) is 72.6 Å². The van der Waals surface area contributed by atoms with Gasteiger partial charge in [-0.25, -0.2) is 4.79 Å². The zero-order valence-corrected chi connectivity index (χ0v) is 18.1. The number of para-hydroxylation sites is 1. The Morgan fingerprint density at radius 1 is 1.10 bits per heavy atom. The van der Waals surface area contributed by atoms with Crippen LogP contribution in [-0.4, -0.2) is 31.6 Å². The average Bonchev–Trinajstić information content (AvgIpc) is 2.75. The molecule has 160 valence electrons. The summed E-state index contributed by atoms with van der Waals surface area (Å²) >= 11 is 0. The third kappa shape index (κ3) is 4.84. The molecule has 2 unspecified atom stereocenters. The van der Waals surface area contributed by atoms with Gasteiger partial charge in [-0.2, -0.15) is 0 Å². The van der Waals surface area contributed by atoms with Gasteiger partial charge in [0.05, 0.1) is 18.1 Å². The second kappa shape index (κ2) is 9.79. The number of hydrogen-bond acceptors (Lipinski definition) is 4. The van der Waals surface area contributed by atoms with Crippen LogP contribution in [0.5, 0.6) is 0 Å². The zero-order chi connectivity index (χ0) is 21.7. The lowest BCUT2D eigenvalue weighted by molar-refractivity contribution is -0.119. The van der Waals surface area contributed by atoms with Crippen molar-refractivity contribution in [2.45, 2.75) is 45.4 Å². The molecule has 1 fully saturated rings. The van der Waals surface area contributed by atoms with E-state index in [0.29, 0.717) is 12.2 Å². The molecule has 1 aliphatic heterocycles. The summed E-state index contributed by atoms with van der Waals surface area (Å²) in [5.74, 6) is -0.550.